The third-order valence-corrected chi connectivity index (χ3v) is 3.65. The molecule has 0 aromatic heterocycles. The van der Waals surface area contributed by atoms with Gasteiger partial charge >= 0.3 is 0 Å². The molecule has 1 saturated carbocycles. The van der Waals surface area contributed by atoms with E-state index in [1.54, 1.807) is 7.11 Å². The molecule has 0 amide bonds. The molecular weight excluding hydrogens is 236 g/mol. The first-order valence-electron chi connectivity index (χ1n) is 7.10. The SMILES string of the molecule is COc1ccc(C(=NC2CCCCC2)N(C)C)cc1. The minimum Gasteiger partial charge on any atom is -0.497 e. The second-order valence-corrected chi connectivity index (χ2v) is 5.37. The van der Waals surface area contributed by atoms with Crippen molar-refractivity contribution in [1.82, 2.24) is 4.90 Å². The van der Waals surface area contributed by atoms with Gasteiger partial charge in [-0.2, -0.15) is 0 Å². The summed E-state index contributed by atoms with van der Waals surface area (Å²) in [5, 5.41) is 0. The lowest BCUT2D eigenvalue weighted by Gasteiger charge is -2.23. The van der Waals surface area contributed by atoms with Crippen LogP contribution in [0.5, 0.6) is 5.75 Å². The van der Waals surface area contributed by atoms with Crippen molar-refractivity contribution in [3.8, 4) is 5.75 Å². The summed E-state index contributed by atoms with van der Waals surface area (Å²) in [7, 11) is 5.82. The summed E-state index contributed by atoms with van der Waals surface area (Å²) >= 11 is 0. The highest BCUT2D eigenvalue weighted by Gasteiger charge is 2.15. The molecule has 0 bridgehead atoms. The summed E-state index contributed by atoms with van der Waals surface area (Å²) in [6, 6.07) is 8.65. The average Bonchev–Trinajstić information content (AvgIpc) is 2.46. The Kier molecular flexibility index (Phi) is 4.83. The molecule has 1 aliphatic carbocycles. The highest BCUT2D eigenvalue weighted by Crippen LogP contribution is 2.22. The van der Waals surface area contributed by atoms with Crippen LogP contribution in [-0.2, 0) is 0 Å². The number of aliphatic imine (C=N–C) groups is 1. The first-order chi connectivity index (χ1) is 9.20. The highest BCUT2D eigenvalue weighted by atomic mass is 16.5. The summed E-state index contributed by atoms with van der Waals surface area (Å²) in [5.74, 6) is 1.97. The van der Waals surface area contributed by atoms with E-state index in [2.05, 4.69) is 31.1 Å². The van der Waals surface area contributed by atoms with Gasteiger partial charge in [0.05, 0.1) is 13.2 Å². The van der Waals surface area contributed by atoms with Gasteiger partial charge in [-0.25, -0.2) is 0 Å². The van der Waals surface area contributed by atoms with E-state index in [0.717, 1.165) is 17.1 Å². The van der Waals surface area contributed by atoms with E-state index in [4.69, 9.17) is 9.73 Å². The van der Waals surface area contributed by atoms with E-state index < -0.39 is 0 Å². The van der Waals surface area contributed by atoms with Crippen molar-refractivity contribution in [2.75, 3.05) is 21.2 Å². The van der Waals surface area contributed by atoms with Gasteiger partial charge in [-0.1, -0.05) is 19.3 Å². The molecule has 0 spiro atoms. The van der Waals surface area contributed by atoms with Gasteiger partial charge in [0, 0.05) is 19.7 Å². The van der Waals surface area contributed by atoms with Gasteiger partial charge < -0.3 is 9.64 Å². The number of hydrogen-bond acceptors (Lipinski definition) is 2. The molecule has 0 atom stereocenters. The minimum atomic E-state index is 0.494. The van der Waals surface area contributed by atoms with Crippen LogP contribution >= 0.6 is 0 Å². The maximum atomic E-state index is 5.21. The van der Waals surface area contributed by atoms with Gasteiger partial charge in [0.15, 0.2) is 0 Å². The van der Waals surface area contributed by atoms with Gasteiger partial charge in [-0.05, 0) is 37.1 Å². The molecule has 2 rings (SSSR count). The largest absolute Gasteiger partial charge is 0.497 e. The van der Waals surface area contributed by atoms with Crippen molar-refractivity contribution in [2.45, 2.75) is 38.1 Å². The summed E-state index contributed by atoms with van der Waals surface area (Å²) in [6.07, 6.45) is 6.46. The standard InChI is InChI=1S/C16H24N2O/c1-18(2)16(17-14-7-5-4-6-8-14)13-9-11-15(19-3)12-10-13/h9-12,14H,4-8H2,1-3H3. The average molecular weight is 260 g/mol. The Labute approximate surface area is 116 Å². The quantitative estimate of drug-likeness (QED) is 0.615. The zero-order chi connectivity index (χ0) is 13.7. The minimum absolute atomic E-state index is 0.494. The summed E-state index contributed by atoms with van der Waals surface area (Å²) in [5.41, 5.74) is 1.16. The fourth-order valence-electron chi connectivity index (χ4n) is 2.57. The van der Waals surface area contributed by atoms with Crippen LogP contribution in [0.1, 0.15) is 37.7 Å². The van der Waals surface area contributed by atoms with E-state index in [1.165, 1.54) is 32.1 Å². The number of rotatable bonds is 3. The van der Waals surface area contributed by atoms with Crippen LogP contribution in [0.25, 0.3) is 0 Å². The highest BCUT2D eigenvalue weighted by molar-refractivity contribution is 5.98. The molecule has 1 aliphatic rings. The van der Waals surface area contributed by atoms with Crippen LogP contribution in [0.3, 0.4) is 0 Å². The number of hydrogen-bond donors (Lipinski definition) is 0. The second kappa shape index (κ2) is 6.60. The van der Waals surface area contributed by atoms with Gasteiger partial charge in [0.1, 0.15) is 11.6 Å². The van der Waals surface area contributed by atoms with E-state index in [0.29, 0.717) is 6.04 Å². The number of ether oxygens (including phenoxy) is 1. The molecule has 0 unspecified atom stereocenters. The maximum absolute atomic E-state index is 5.21. The first-order valence-corrected chi connectivity index (χ1v) is 7.10. The van der Waals surface area contributed by atoms with Gasteiger partial charge in [-0.15, -0.1) is 0 Å². The Hall–Kier alpha value is -1.51. The van der Waals surface area contributed by atoms with Crippen LogP contribution in [-0.4, -0.2) is 38.0 Å². The predicted molar refractivity (Wildman–Crippen MR) is 80.1 cm³/mol. The van der Waals surface area contributed by atoms with Crippen LogP contribution in [0.15, 0.2) is 29.3 Å². The molecule has 0 heterocycles. The molecule has 0 saturated heterocycles. The van der Waals surface area contributed by atoms with Crippen molar-refractivity contribution in [1.29, 1.82) is 0 Å². The van der Waals surface area contributed by atoms with Crippen molar-refractivity contribution >= 4 is 5.84 Å². The smallest absolute Gasteiger partial charge is 0.130 e. The topological polar surface area (TPSA) is 24.8 Å². The van der Waals surface area contributed by atoms with Crippen molar-refractivity contribution in [3.63, 3.8) is 0 Å². The molecule has 0 aliphatic heterocycles. The fraction of sp³-hybridized carbons (Fsp3) is 0.562. The molecule has 3 nitrogen and oxygen atoms in total. The van der Waals surface area contributed by atoms with Crippen LogP contribution in [0.2, 0.25) is 0 Å². The van der Waals surface area contributed by atoms with Gasteiger partial charge in [-0.3, -0.25) is 4.99 Å². The Morgan fingerprint density at radius 1 is 1.11 bits per heavy atom. The zero-order valence-corrected chi connectivity index (χ0v) is 12.2. The van der Waals surface area contributed by atoms with Gasteiger partial charge in [0.2, 0.25) is 0 Å². The molecule has 104 valence electrons. The monoisotopic (exact) mass is 260 g/mol. The van der Waals surface area contributed by atoms with Crippen molar-refractivity contribution in [3.05, 3.63) is 29.8 Å². The molecular formula is C16H24N2O. The van der Waals surface area contributed by atoms with Crippen LogP contribution < -0.4 is 4.74 Å². The fourth-order valence-corrected chi connectivity index (χ4v) is 2.57. The molecule has 0 N–H and O–H groups in total. The lowest BCUT2D eigenvalue weighted by atomic mass is 9.96. The predicted octanol–water partition coefficient (Wildman–Crippen LogP) is 3.34. The maximum Gasteiger partial charge on any atom is 0.130 e. The normalized spacial score (nSPS) is 17.3. The Balaban J connectivity index is 2.20. The molecule has 1 aromatic rings. The van der Waals surface area contributed by atoms with E-state index >= 15 is 0 Å². The van der Waals surface area contributed by atoms with E-state index in [-0.39, 0.29) is 0 Å². The second-order valence-electron chi connectivity index (χ2n) is 5.37. The third kappa shape index (κ3) is 3.72. The Morgan fingerprint density at radius 3 is 2.26 bits per heavy atom. The Morgan fingerprint density at radius 2 is 1.74 bits per heavy atom. The van der Waals surface area contributed by atoms with Crippen molar-refractivity contribution in [2.24, 2.45) is 4.99 Å². The zero-order valence-electron chi connectivity index (χ0n) is 12.2. The Bertz CT molecular complexity index is 417. The lowest BCUT2D eigenvalue weighted by molar-refractivity contribution is 0.414. The van der Waals surface area contributed by atoms with Gasteiger partial charge in [0.25, 0.3) is 0 Å². The van der Waals surface area contributed by atoms with Crippen LogP contribution in [0.4, 0.5) is 0 Å². The number of nitrogens with zero attached hydrogens (tertiary/aromatic N) is 2. The van der Waals surface area contributed by atoms with E-state index in [9.17, 15) is 0 Å². The summed E-state index contributed by atoms with van der Waals surface area (Å²) < 4.78 is 5.21. The van der Waals surface area contributed by atoms with E-state index in [1.807, 2.05) is 12.1 Å². The number of amidine groups is 1. The third-order valence-electron chi connectivity index (χ3n) is 3.65. The summed E-state index contributed by atoms with van der Waals surface area (Å²) in [6.45, 7) is 0. The van der Waals surface area contributed by atoms with Crippen molar-refractivity contribution < 1.29 is 4.74 Å². The molecule has 0 radical (unpaired) electrons. The lowest BCUT2D eigenvalue weighted by Crippen LogP contribution is -2.26. The molecule has 1 aromatic carbocycles. The molecule has 3 heteroatoms. The summed E-state index contributed by atoms with van der Waals surface area (Å²) in [4.78, 5) is 7.07. The van der Waals surface area contributed by atoms with Crippen LogP contribution in [0, 0.1) is 0 Å². The number of benzene rings is 1. The first kappa shape index (κ1) is 13.9. The molecule has 1 fully saturated rings. The number of methoxy groups -OCH3 is 1. The molecule has 19 heavy (non-hydrogen) atoms.